The third-order valence-electron chi connectivity index (χ3n) is 7.24. The normalized spacial score (nSPS) is 19.8. The molecular formula is C33H39F2N3O3. The number of aliphatic hydroxyl groups excluding tert-OH is 1. The van der Waals surface area contributed by atoms with Crippen LogP contribution < -0.4 is 10.6 Å². The van der Waals surface area contributed by atoms with Crippen molar-refractivity contribution in [2.24, 2.45) is 10.4 Å². The number of benzene rings is 3. The van der Waals surface area contributed by atoms with Crippen molar-refractivity contribution in [3.8, 4) is 0 Å². The van der Waals surface area contributed by atoms with Gasteiger partial charge in [0, 0.05) is 36.2 Å². The number of hydrogen-bond acceptors (Lipinski definition) is 5. The van der Waals surface area contributed by atoms with E-state index < -0.39 is 23.8 Å². The number of alkyl halides is 2. The van der Waals surface area contributed by atoms with Gasteiger partial charge in [-0.3, -0.25) is 10.1 Å². The van der Waals surface area contributed by atoms with Crippen LogP contribution in [0.2, 0.25) is 0 Å². The average molecular weight is 564 g/mol. The number of hydrogen-bond donors (Lipinski definition) is 3. The maximum Gasteiger partial charge on any atom is 0.273 e. The first-order valence-corrected chi connectivity index (χ1v) is 13.9. The lowest BCUT2D eigenvalue weighted by atomic mass is 9.87. The summed E-state index contributed by atoms with van der Waals surface area (Å²) in [6.45, 7) is 9.33. The van der Waals surface area contributed by atoms with Gasteiger partial charge < -0.3 is 15.2 Å². The molecule has 0 bridgehead atoms. The van der Waals surface area contributed by atoms with Crippen LogP contribution in [0.3, 0.4) is 0 Å². The fourth-order valence-electron chi connectivity index (χ4n) is 4.97. The number of carbonyl (C=O) groups excluding carboxylic acids is 1. The van der Waals surface area contributed by atoms with E-state index in [0.717, 1.165) is 11.1 Å². The summed E-state index contributed by atoms with van der Waals surface area (Å²) in [7, 11) is 0. The van der Waals surface area contributed by atoms with Crippen LogP contribution in [0.25, 0.3) is 0 Å². The molecule has 1 amide bonds. The van der Waals surface area contributed by atoms with Gasteiger partial charge in [0.15, 0.2) is 5.60 Å². The molecular weight excluding hydrogens is 524 g/mol. The largest absolute Gasteiger partial charge is 0.464 e. The van der Waals surface area contributed by atoms with Crippen LogP contribution in [-0.4, -0.2) is 29.2 Å². The van der Waals surface area contributed by atoms with Crippen LogP contribution in [0.1, 0.15) is 69.7 Å². The number of nitrogens with one attached hydrogen (secondary N) is 2. The van der Waals surface area contributed by atoms with Crippen molar-refractivity contribution in [2.75, 3.05) is 5.32 Å². The molecule has 0 spiro atoms. The number of halogens is 2. The van der Waals surface area contributed by atoms with Crippen molar-refractivity contribution in [1.29, 1.82) is 0 Å². The van der Waals surface area contributed by atoms with E-state index >= 15 is 0 Å². The minimum atomic E-state index is -2.98. The summed E-state index contributed by atoms with van der Waals surface area (Å²) in [6.07, 6.45) is -1.15. The number of aliphatic hydroxyl groups is 1. The molecule has 0 aromatic heterocycles. The smallest absolute Gasteiger partial charge is 0.273 e. The minimum absolute atomic E-state index is 0.0223. The quantitative estimate of drug-likeness (QED) is 0.239. The second kappa shape index (κ2) is 12.1. The van der Waals surface area contributed by atoms with Crippen molar-refractivity contribution in [1.82, 2.24) is 5.32 Å². The third kappa shape index (κ3) is 7.18. The number of nitrogens with zero attached hydrogens (tertiary/aromatic N) is 1. The Bertz CT molecular complexity index is 1370. The lowest BCUT2D eigenvalue weighted by Gasteiger charge is -2.33. The van der Waals surface area contributed by atoms with Crippen LogP contribution in [0.4, 0.5) is 14.5 Å². The average Bonchev–Trinajstić information content (AvgIpc) is 3.30. The molecule has 8 heteroatoms. The van der Waals surface area contributed by atoms with E-state index in [-0.39, 0.29) is 29.9 Å². The number of ether oxygens (including phenoxy) is 1. The van der Waals surface area contributed by atoms with Gasteiger partial charge in [0.25, 0.3) is 5.92 Å². The molecule has 41 heavy (non-hydrogen) atoms. The van der Waals surface area contributed by atoms with Crippen LogP contribution in [0.15, 0.2) is 83.9 Å². The predicted octanol–water partition coefficient (Wildman–Crippen LogP) is 6.73. The summed E-state index contributed by atoms with van der Waals surface area (Å²) in [5.41, 5.74) is 1.27. The van der Waals surface area contributed by atoms with E-state index in [2.05, 4.69) is 10.6 Å². The molecule has 3 aromatic rings. The molecule has 0 radical (unpaired) electrons. The van der Waals surface area contributed by atoms with Gasteiger partial charge in [-0.25, -0.2) is 13.8 Å². The monoisotopic (exact) mass is 563 g/mol. The van der Waals surface area contributed by atoms with Crippen LogP contribution in [0, 0.1) is 5.41 Å². The number of anilines is 1. The summed E-state index contributed by atoms with van der Waals surface area (Å²) in [5, 5.41) is 17.3. The molecule has 0 aliphatic carbocycles. The van der Waals surface area contributed by atoms with Gasteiger partial charge in [0.2, 0.25) is 11.8 Å². The fraction of sp³-hybridized carbons (Fsp3) is 0.394. The number of carbonyl (C=O) groups is 1. The third-order valence-corrected chi connectivity index (χ3v) is 7.24. The molecule has 4 rings (SSSR count). The first-order chi connectivity index (χ1) is 19.3. The Balaban J connectivity index is 1.59. The second-order valence-corrected chi connectivity index (χ2v) is 11.9. The molecule has 0 saturated heterocycles. The molecule has 1 aliphatic heterocycles. The van der Waals surface area contributed by atoms with Crippen molar-refractivity contribution in [3.63, 3.8) is 0 Å². The van der Waals surface area contributed by atoms with Gasteiger partial charge in [-0.2, -0.15) is 0 Å². The van der Waals surface area contributed by atoms with Crippen molar-refractivity contribution in [2.45, 2.75) is 77.8 Å². The fourth-order valence-corrected chi connectivity index (χ4v) is 4.97. The van der Waals surface area contributed by atoms with E-state index in [4.69, 9.17) is 9.73 Å². The predicted molar refractivity (Wildman–Crippen MR) is 158 cm³/mol. The lowest BCUT2D eigenvalue weighted by Crippen LogP contribution is -2.48. The summed E-state index contributed by atoms with van der Waals surface area (Å²) >= 11 is 0. The SMILES string of the molecule is CCC(F)(F)c1ccccc1CNC(O)C1N=C(c2ccccc2)OC1(C)c1ccc(NC(=O)CC(C)(C)C)cc1. The van der Waals surface area contributed by atoms with Gasteiger partial charge >= 0.3 is 0 Å². The number of aliphatic imine (C=N–C) groups is 1. The Hall–Kier alpha value is -3.62. The maximum atomic E-state index is 14.6. The Labute approximate surface area is 240 Å². The van der Waals surface area contributed by atoms with Crippen molar-refractivity contribution in [3.05, 3.63) is 101 Å². The Morgan fingerprint density at radius 1 is 1.02 bits per heavy atom. The van der Waals surface area contributed by atoms with E-state index in [1.54, 1.807) is 30.3 Å². The molecule has 3 unspecified atom stereocenters. The Morgan fingerprint density at radius 3 is 2.29 bits per heavy atom. The molecule has 1 heterocycles. The highest BCUT2D eigenvalue weighted by Crippen LogP contribution is 2.40. The lowest BCUT2D eigenvalue weighted by molar-refractivity contribution is -0.117. The number of amides is 1. The Kier molecular flexibility index (Phi) is 8.94. The Morgan fingerprint density at radius 2 is 1.66 bits per heavy atom. The molecule has 3 N–H and O–H groups in total. The van der Waals surface area contributed by atoms with Gasteiger partial charge in [0.05, 0.1) is 0 Å². The molecule has 0 saturated carbocycles. The highest BCUT2D eigenvalue weighted by atomic mass is 19.3. The highest BCUT2D eigenvalue weighted by molar-refractivity contribution is 5.96. The molecule has 218 valence electrons. The van der Waals surface area contributed by atoms with Gasteiger partial charge in [-0.05, 0) is 47.7 Å². The molecule has 3 atom stereocenters. The van der Waals surface area contributed by atoms with Crippen LogP contribution in [-0.2, 0) is 27.6 Å². The van der Waals surface area contributed by atoms with Crippen molar-refractivity contribution < 1.29 is 23.4 Å². The number of rotatable bonds is 10. The van der Waals surface area contributed by atoms with E-state index in [1.807, 2.05) is 70.2 Å². The minimum Gasteiger partial charge on any atom is -0.464 e. The standard InChI is InChI=1S/C33H39F2N3O3/c1-6-33(34,35)26-15-11-10-14-23(26)21-36-29(40)28-32(5,41-30(38-28)22-12-8-7-9-13-22)24-16-18-25(19-17-24)37-27(39)20-31(2,3)4/h7-19,28-29,36,40H,6,20-21H2,1-5H3,(H,37,39). The van der Waals surface area contributed by atoms with Crippen LogP contribution >= 0.6 is 0 Å². The molecule has 0 fully saturated rings. The molecule has 1 aliphatic rings. The van der Waals surface area contributed by atoms with Gasteiger partial charge in [0.1, 0.15) is 12.3 Å². The second-order valence-electron chi connectivity index (χ2n) is 11.9. The summed E-state index contributed by atoms with van der Waals surface area (Å²) in [4.78, 5) is 17.2. The molecule has 3 aromatic carbocycles. The summed E-state index contributed by atoms with van der Waals surface area (Å²) in [5.74, 6) is -2.68. The van der Waals surface area contributed by atoms with E-state index in [9.17, 15) is 18.7 Å². The first kappa shape index (κ1) is 30.3. The van der Waals surface area contributed by atoms with Gasteiger partial charge in [-0.15, -0.1) is 0 Å². The first-order valence-electron chi connectivity index (χ1n) is 13.9. The zero-order chi connectivity index (χ0) is 29.8. The van der Waals surface area contributed by atoms with Crippen molar-refractivity contribution >= 4 is 17.5 Å². The van der Waals surface area contributed by atoms with E-state index in [1.165, 1.54) is 13.0 Å². The van der Waals surface area contributed by atoms with Gasteiger partial charge in [-0.1, -0.05) is 82.3 Å². The maximum absolute atomic E-state index is 14.6. The summed E-state index contributed by atoms with van der Waals surface area (Å²) < 4.78 is 35.6. The summed E-state index contributed by atoms with van der Waals surface area (Å²) in [6, 6.07) is 22.2. The van der Waals surface area contributed by atoms with E-state index in [0.29, 0.717) is 23.6 Å². The molecule has 6 nitrogen and oxygen atoms in total. The zero-order valence-corrected chi connectivity index (χ0v) is 24.2. The highest BCUT2D eigenvalue weighted by Gasteiger charge is 2.48. The topological polar surface area (TPSA) is 82.9 Å². The van der Waals surface area contributed by atoms with Crippen LogP contribution in [0.5, 0.6) is 0 Å². The zero-order valence-electron chi connectivity index (χ0n) is 24.2.